The van der Waals surface area contributed by atoms with E-state index >= 15 is 0 Å². The van der Waals surface area contributed by atoms with E-state index in [-0.39, 0.29) is 18.0 Å². The van der Waals surface area contributed by atoms with Gasteiger partial charge in [0.05, 0.1) is 4.91 Å². The molecule has 1 fully saturated rings. The summed E-state index contributed by atoms with van der Waals surface area (Å²) >= 11 is 1.42. The molecule has 7 heteroatoms. The molecule has 1 aliphatic rings. The topological polar surface area (TPSA) is 87.7 Å². The molecule has 1 heterocycles. The van der Waals surface area contributed by atoms with E-state index in [1.165, 1.54) is 17.3 Å². The number of carboxylic acid groups (broad SMARTS) is 1. The minimum absolute atomic E-state index is 0.131. The standard InChI is InChI=1S/C20H20N2O4S/c1-2-13-3-7-15(8-4-13)21-20-22-19(25)17(27-20)11-14-5-9-16(10-6-14)26-12-18(23)24/h3-11,20-21H,2,12H2,1H3,(H,22,25)(H,23,24)/b17-11-/t20-/m1/s1. The first kappa shape index (κ1) is 18.8. The fraction of sp³-hybridized carbons (Fsp3) is 0.200. The summed E-state index contributed by atoms with van der Waals surface area (Å²) in [5.74, 6) is -0.685. The predicted octanol–water partition coefficient (Wildman–Crippen LogP) is 3.31. The predicted molar refractivity (Wildman–Crippen MR) is 107 cm³/mol. The van der Waals surface area contributed by atoms with Crippen molar-refractivity contribution in [3.63, 3.8) is 0 Å². The number of thioether (sulfide) groups is 1. The van der Waals surface area contributed by atoms with Crippen LogP contribution in [0, 0.1) is 0 Å². The summed E-state index contributed by atoms with van der Waals surface area (Å²) in [6.45, 7) is 1.72. The van der Waals surface area contributed by atoms with Crippen LogP contribution in [0.25, 0.3) is 6.08 Å². The minimum Gasteiger partial charge on any atom is -0.482 e. The monoisotopic (exact) mass is 384 g/mol. The maximum Gasteiger partial charge on any atom is 0.341 e. The lowest BCUT2D eigenvalue weighted by Gasteiger charge is -2.12. The molecule has 1 aliphatic heterocycles. The smallest absolute Gasteiger partial charge is 0.341 e. The van der Waals surface area contributed by atoms with E-state index in [1.54, 1.807) is 30.3 Å². The molecular weight excluding hydrogens is 364 g/mol. The highest BCUT2D eigenvalue weighted by molar-refractivity contribution is 8.05. The van der Waals surface area contributed by atoms with Crippen molar-refractivity contribution < 1.29 is 19.4 Å². The molecule has 0 aliphatic carbocycles. The van der Waals surface area contributed by atoms with Crippen LogP contribution >= 0.6 is 11.8 Å². The molecule has 0 unspecified atom stereocenters. The Hall–Kier alpha value is -2.93. The highest BCUT2D eigenvalue weighted by atomic mass is 32.2. The first-order valence-electron chi connectivity index (χ1n) is 8.53. The van der Waals surface area contributed by atoms with Gasteiger partial charge in [0, 0.05) is 5.69 Å². The van der Waals surface area contributed by atoms with Crippen molar-refractivity contribution in [2.45, 2.75) is 18.8 Å². The Morgan fingerprint density at radius 3 is 2.56 bits per heavy atom. The lowest BCUT2D eigenvalue weighted by Crippen LogP contribution is -2.30. The summed E-state index contributed by atoms with van der Waals surface area (Å²) in [6, 6.07) is 15.1. The van der Waals surface area contributed by atoms with Crippen molar-refractivity contribution in [1.82, 2.24) is 5.32 Å². The Morgan fingerprint density at radius 2 is 1.93 bits per heavy atom. The first-order chi connectivity index (χ1) is 13.0. The van der Waals surface area contributed by atoms with Gasteiger partial charge in [0.2, 0.25) is 0 Å². The molecule has 0 aromatic heterocycles. The van der Waals surface area contributed by atoms with E-state index in [9.17, 15) is 9.59 Å². The molecule has 0 spiro atoms. The number of carboxylic acids is 1. The number of carbonyl (C=O) groups is 2. The van der Waals surface area contributed by atoms with Gasteiger partial charge in [-0.3, -0.25) is 4.79 Å². The van der Waals surface area contributed by atoms with Gasteiger partial charge in [-0.15, -0.1) is 0 Å². The molecule has 6 nitrogen and oxygen atoms in total. The van der Waals surface area contributed by atoms with E-state index in [2.05, 4.69) is 29.7 Å². The van der Waals surface area contributed by atoms with Gasteiger partial charge >= 0.3 is 5.97 Å². The number of amides is 1. The normalized spacial score (nSPS) is 17.6. The number of hydrogen-bond donors (Lipinski definition) is 3. The largest absolute Gasteiger partial charge is 0.482 e. The second kappa shape index (κ2) is 8.64. The first-order valence-corrected chi connectivity index (χ1v) is 9.41. The molecule has 2 aromatic carbocycles. The van der Waals surface area contributed by atoms with Gasteiger partial charge in [-0.25, -0.2) is 4.79 Å². The third kappa shape index (κ3) is 5.27. The number of benzene rings is 2. The molecule has 2 aromatic rings. The molecule has 140 valence electrons. The van der Waals surface area contributed by atoms with Gasteiger partial charge in [-0.1, -0.05) is 43.0 Å². The molecule has 1 amide bonds. The second-order valence-corrected chi connectivity index (χ2v) is 7.07. The van der Waals surface area contributed by atoms with Crippen molar-refractivity contribution in [3.8, 4) is 5.75 Å². The number of aryl methyl sites for hydroxylation is 1. The van der Waals surface area contributed by atoms with E-state index < -0.39 is 5.97 Å². The van der Waals surface area contributed by atoms with Crippen LogP contribution in [0.2, 0.25) is 0 Å². The zero-order valence-corrected chi connectivity index (χ0v) is 15.6. The van der Waals surface area contributed by atoms with E-state index in [4.69, 9.17) is 9.84 Å². The molecule has 0 radical (unpaired) electrons. The molecule has 1 saturated heterocycles. The summed E-state index contributed by atoms with van der Waals surface area (Å²) in [5.41, 5.74) is 2.82. The van der Waals surface area contributed by atoms with Crippen molar-refractivity contribution in [1.29, 1.82) is 0 Å². The van der Waals surface area contributed by atoms with Crippen molar-refractivity contribution in [2.24, 2.45) is 0 Å². The molecule has 27 heavy (non-hydrogen) atoms. The van der Waals surface area contributed by atoms with Crippen LogP contribution in [0.1, 0.15) is 18.1 Å². The van der Waals surface area contributed by atoms with Gasteiger partial charge in [-0.05, 0) is 47.9 Å². The van der Waals surface area contributed by atoms with Crippen LogP contribution in [0.15, 0.2) is 53.4 Å². The minimum atomic E-state index is -1.02. The highest BCUT2D eigenvalue weighted by Crippen LogP contribution is 2.30. The molecule has 3 N–H and O–H groups in total. The van der Waals surface area contributed by atoms with Gasteiger partial charge in [-0.2, -0.15) is 0 Å². The Balaban J connectivity index is 1.61. The Morgan fingerprint density at radius 1 is 1.22 bits per heavy atom. The van der Waals surface area contributed by atoms with Crippen LogP contribution in [0.3, 0.4) is 0 Å². The Kier molecular flexibility index (Phi) is 6.03. The van der Waals surface area contributed by atoms with Crippen LogP contribution in [-0.2, 0) is 16.0 Å². The summed E-state index contributed by atoms with van der Waals surface area (Å²) in [6.07, 6.45) is 2.78. The van der Waals surface area contributed by atoms with Gasteiger partial charge in [0.15, 0.2) is 12.1 Å². The summed E-state index contributed by atoms with van der Waals surface area (Å²) in [4.78, 5) is 23.3. The van der Waals surface area contributed by atoms with E-state index in [0.717, 1.165) is 17.7 Å². The molecular formula is C20H20N2O4S. The van der Waals surface area contributed by atoms with Gasteiger partial charge in [0.1, 0.15) is 5.75 Å². The van der Waals surface area contributed by atoms with Crippen LogP contribution < -0.4 is 15.4 Å². The van der Waals surface area contributed by atoms with Gasteiger partial charge in [0.25, 0.3) is 5.91 Å². The van der Waals surface area contributed by atoms with E-state index in [0.29, 0.717) is 10.7 Å². The van der Waals surface area contributed by atoms with Crippen molar-refractivity contribution >= 4 is 35.4 Å². The van der Waals surface area contributed by atoms with Crippen LogP contribution in [0.5, 0.6) is 5.75 Å². The summed E-state index contributed by atoms with van der Waals surface area (Å²) in [5, 5.41) is 14.8. The number of anilines is 1. The average molecular weight is 384 g/mol. The average Bonchev–Trinajstić information content (AvgIpc) is 3.00. The quantitative estimate of drug-likeness (QED) is 0.635. The second-order valence-electron chi connectivity index (χ2n) is 5.93. The number of aliphatic carboxylic acids is 1. The highest BCUT2D eigenvalue weighted by Gasteiger charge is 2.27. The fourth-order valence-electron chi connectivity index (χ4n) is 2.51. The Labute approximate surface area is 161 Å². The van der Waals surface area contributed by atoms with Crippen molar-refractivity contribution in [2.75, 3.05) is 11.9 Å². The third-order valence-electron chi connectivity index (χ3n) is 3.93. The summed E-state index contributed by atoms with van der Waals surface area (Å²) < 4.78 is 5.10. The molecule has 0 saturated carbocycles. The SMILES string of the molecule is CCc1ccc(N[C@@H]2NC(=O)/C(=C/c3ccc(OCC(=O)O)cc3)S2)cc1. The van der Waals surface area contributed by atoms with Crippen LogP contribution in [0.4, 0.5) is 5.69 Å². The zero-order valence-electron chi connectivity index (χ0n) is 14.8. The number of ether oxygens (including phenoxy) is 1. The molecule has 1 atom stereocenters. The maximum absolute atomic E-state index is 12.2. The molecule has 0 bridgehead atoms. The Bertz CT molecular complexity index is 847. The third-order valence-corrected chi connectivity index (χ3v) is 4.96. The summed E-state index contributed by atoms with van der Waals surface area (Å²) in [7, 11) is 0. The number of hydrogen-bond acceptors (Lipinski definition) is 5. The van der Waals surface area contributed by atoms with E-state index in [1.807, 2.05) is 12.1 Å². The number of rotatable bonds is 7. The maximum atomic E-state index is 12.2. The van der Waals surface area contributed by atoms with Crippen molar-refractivity contribution in [3.05, 3.63) is 64.6 Å². The fourth-order valence-corrected chi connectivity index (χ4v) is 3.50. The lowest BCUT2D eigenvalue weighted by molar-refractivity contribution is -0.139. The number of carbonyl (C=O) groups excluding carboxylic acids is 1. The van der Waals surface area contributed by atoms with Gasteiger partial charge < -0.3 is 20.5 Å². The zero-order chi connectivity index (χ0) is 19.2. The molecule has 3 rings (SSSR count). The van der Waals surface area contributed by atoms with Crippen LogP contribution in [-0.4, -0.2) is 29.1 Å². The number of nitrogens with one attached hydrogen (secondary N) is 2. The lowest BCUT2D eigenvalue weighted by atomic mass is 10.1.